The van der Waals surface area contributed by atoms with Gasteiger partial charge in [-0.15, -0.1) is 0 Å². The van der Waals surface area contributed by atoms with Crippen LogP contribution < -0.4 is 5.32 Å². The van der Waals surface area contributed by atoms with Crippen molar-refractivity contribution in [3.63, 3.8) is 0 Å². The summed E-state index contributed by atoms with van der Waals surface area (Å²) in [4.78, 5) is 16.6. The highest BCUT2D eigenvalue weighted by atomic mass is 16.3. The minimum atomic E-state index is -0.153. The molecule has 112 valence electrons. The van der Waals surface area contributed by atoms with Crippen molar-refractivity contribution in [2.75, 3.05) is 13.2 Å². The number of imidazole rings is 1. The van der Waals surface area contributed by atoms with Crippen molar-refractivity contribution >= 4 is 11.6 Å². The van der Waals surface area contributed by atoms with Gasteiger partial charge in [0.15, 0.2) is 0 Å². The van der Waals surface area contributed by atoms with Crippen LogP contribution in [0.2, 0.25) is 0 Å². The lowest BCUT2D eigenvalue weighted by molar-refractivity contribution is 0.0951. The number of carbonyl (C=O) groups excluding carboxylic acids is 1. The minimum absolute atomic E-state index is 0.0695. The number of pyridine rings is 1. The van der Waals surface area contributed by atoms with E-state index >= 15 is 0 Å². The number of nitrogens with zero attached hydrogens (tertiary/aromatic N) is 2. The molecule has 0 aliphatic heterocycles. The van der Waals surface area contributed by atoms with Gasteiger partial charge < -0.3 is 14.8 Å². The molecule has 1 aromatic carbocycles. The van der Waals surface area contributed by atoms with E-state index in [2.05, 4.69) is 10.3 Å². The molecule has 0 atom stereocenters. The fraction of sp³-hybridized carbons (Fsp3) is 0.176. The van der Waals surface area contributed by atoms with E-state index in [9.17, 15) is 4.79 Å². The first-order chi connectivity index (χ1) is 10.8. The Labute approximate surface area is 128 Å². The zero-order chi connectivity index (χ0) is 15.4. The largest absolute Gasteiger partial charge is 0.396 e. The second-order valence-electron chi connectivity index (χ2n) is 5.01. The number of rotatable bonds is 5. The molecule has 0 saturated heterocycles. The van der Waals surface area contributed by atoms with Crippen LogP contribution in [0.15, 0.2) is 54.9 Å². The molecule has 1 amide bonds. The van der Waals surface area contributed by atoms with Gasteiger partial charge in [-0.05, 0) is 18.6 Å². The SMILES string of the molecule is O=C(NCCCO)c1ccn2cc(-c3ccccc3)nc2c1. The van der Waals surface area contributed by atoms with Crippen LogP contribution in [0.4, 0.5) is 0 Å². The summed E-state index contributed by atoms with van der Waals surface area (Å²) in [7, 11) is 0. The van der Waals surface area contributed by atoms with Crippen molar-refractivity contribution in [2.45, 2.75) is 6.42 Å². The van der Waals surface area contributed by atoms with Crippen LogP contribution in [-0.4, -0.2) is 33.6 Å². The number of aliphatic hydroxyl groups is 1. The Balaban J connectivity index is 1.86. The first-order valence-electron chi connectivity index (χ1n) is 7.21. The molecule has 22 heavy (non-hydrogen) atoms. The van der Waals surface area contributed by atoms with Crippen LogP contribution in [0.1, 0.15) is 16.8 Å². The summed E-state index contributed by atoms with van der Waals surface area (Å²) in [5.74, 6) is -0.153. The molecule has 2 aromatic heterocycles. The van der Waals surface area contributed by atoms with Gasteiger partial charge in [0.25, 0.3) is 5.91 Å². The number of aromatic nitrogens is 2. The normalized spacial score (nSPS) is 10.8. The summed E-state index contributed by atoms with van der Waals surface area (Å²) in [5.41, 5.74) is 3.21. The summed E-state index contributed by atoms with van der Waals surface area (Å²) in [6.45, 7) is 0.532. The number of aliphatic hydroxyl groups excluding tert-OH is 1. The smallest absolute Gasteiger partial charge is 0.251 e. The van der Waals surface area contributed by atoms with Crippen LogP contribution >= 0.6 is 0 Å². The topological polar surface area (TPSA) is 66.6 Å². The van der Waals surface area contributed by atoms with Gasteiger partial charge >= 0.3 is 0 Å². The maximum absolute atomic E-state index is 12.0. The predicted molar refractivity (Wildman–Crippen MR) is 84.7 cm³/mol. The van der Waals surface area contributed by atoms with Crippen LogP contribution in [0, 0.1) is 0 Å². The summed E-state index contributed by atoms with van der Waals surface area (Å²) in [6, 6.07) is 13.4. The van der Waals surface area contributed by atoms with E-state index in [0.29, 0.717) is 18.5 Å². The van der Waals surface area contributed by atoms with Crippen LogP contribution in [0.25, 0.3) is 16.9 Å². The van der Waals surface area contributed by atoms with Gasteiger partial charge in [-0.3, -0.25) is 4.79 Å². The quantitative estimate of drug-likeness (QED) is 0.709. The van der Waals surface area contributed by atoms with E-state index in [-0.39, 0.29) is 12.5 Å². The Bertz CT molecular complexity index is 781. The van der Waals surface area contributed by atoms with Crippen LogP contribution in [-0.2, 0) is 0 Å². The number of benzene rings is 1. The predicted octanol–water partition coefficient (Wildman–Crippen LogP) is 2.11. The van der Waals surface area contributed by atoms with Crippen LogP contribution in [0.5, 0.6) is 0 Å². The van der Waals surface area contributed by atoms with Crippen LogP contribution in [0.3, 0.4) is 0 Å². The zero-order valence-corrected chi connectivity index (χ0v) is 12.1. The van der Waals surface area contributed by atoms with Crippen molar-refractivity contribution in [3.8, 4) is 11.3 Å². The molecule has 0 bridgehead atoms. The van der Waals surface area contributed by atoms with Gasteiger partial charge in [0.2, 0.25) is 0 Å². The van der Waals surface area contributed by atoms with E-state index in [1.165, 1.54) is 0 Å². The van der Waals surface area contributed by atoms with E-state index < -0.39 is 0 Å². The number of hydrogen-bond donors (Lipinski definition) is 2. The Morgan fingerprint density at radius 3 is 2.82 bits per heavy atom. The molecular formula is C17H17N3O2. The van der Waals surface area contributed by atoms with Gasteiger partial charge in [-0.2, -0.15) is 0 Å². The molecule has 3 rings (SSSR count). The molecule has 3 aromatic rings. The molecule has 5 heteroatoms. The van der Waals surface area contributed by atoms with E-state index in [0.717, 1.165) is 16.9 Å². The molecule has 0 aliphatic rings. The maximum atomic E-state index is 12.0. The summed E-state index contributed by atoms with van der Waals surface area (Å²) >= 11 is 0. The molecule has 0 saturated carbocycles. The number of nitrogens with one attached hydrogen (secondary N) is 1. The fourth-order valence-electron chi connectivity index (χ4n) is 2.25. The van der Waals surface area contributed by atoms with Gasteiger partial charge in [0.1, 0.15) is 5.65 Å². The molecule has 0 spiro atoms. The third-order valence-corrected chi connectivity index (χ3v) is 3.41. The minimum Gasteiger partial charge on any atom is -0.396 e. The Hall–Kier alpha value is -2.66. The Morgan fingerprint density at radius 1 is 1.23 bits per heavy atom. The Morgan fingerprint density at radius 2 is 2.05 bits per heavy atom. The summed E-state index contributed by atoms with van der Waals surface area (Å²) in [6.07, 6.45) is 4.32. The zero-order valence-electron chi connectivity index (χ0n) is 12.1. The lowest BCUT2D eigenvalue weighted by Gasteiger charge is -2.04. The third-order valence-electron chi connectivity index (χ3n) is 3.41. The lowest BCUT2D eigenvalue weighted by Crippen LogP contribution is -2.25. The molecule has 0 fully saturated rings. The van der Waals surface area contributed by atoms with Gasteiger partial charge in [0, 0.05) is 36.7 Å². The average Bonchev–Trinajstić information content (AvgIpc) is 2.99. The van der Waals surface area contributed by atoms with Crippen molar-refractivity contribution in [3.05, 3.63) is 60.4 Å². The Kier molecular flexibility index (Phi) is 4.16. The number of hydrogen-bond acceptors (Lipinski definition) is 3. The van der Waals surface area contributed by atoms with Gasteiger partial charge in [-0.25, -0.2) is 4.98 Å². The fourth-order valence-corrected chi connectivity index (χ4v) is 2.25. The first kappa shape index (κ1) is 14.3. The summed E-state index contributed by atoms with van der Waals surface area (Å²) in [5, 5.41) is 11.5. The van der Waals surface area contributed by atoms with E-state index in [4.69, 9.17) is 5.11 Å². The third kappa shape index (κ3) is 2.99. The first-order valence-corrected chi connectivity index (χ1v) is 7.21. The van der Waals surface area contributed by atoms with Crippen molar-refractivity contribution in [1.82, 2.24) is 14.7 Å². The van der Waals surface area contributed by atoms with E-state index in [1.807, 2.05) is 47.1 Å². The van der Waals surface area contributed by atoms with Gasteiger partial charge in [0.05, 0.1) is 5.69 Å². The standard InChI is InChI=1S/C17H17N3O2/c21-10-4-8-18-17(22)14-7-9-20-12-15(19-16(20)11-14)13-5-2-1-3-6-13/h1-3,5-7,9,11-12,21H,4,8,10H2,(H,18,22). The number of amides is 1. The monoisotopic (exact) mass is 295 g/mol. The highest BCUT2D eigenvalue weighted by Gasteiger charge is 2.08. The highest BCUT2D eigenvalue weighted by molar-refractivity contribution is 5.95. The molecule has 2 heterocycles. The van der Waals surface area contributed by atoms with E-state index in [1.54, 1.807) is 12.1 Å². The molecule has 0 radical (unpaired) electrons. The summed E-state index contributed by atoms with van der Waals surface area (Å²) < 4.78 is 1.90. The lowest BCUT2D eigenvalue weighted by atomic mass is 10.2. The van der Waals surface area contributed by atoms with Crippen molar-refractivity contribution in [2.24, 2.45) is 0 Å². The second-order valence-corrected chi connectivity index (χ2v) is 5.01. The maximum Gasteiger partial charge on any atom is 0.251 e. The molecular weight excluding hydrogens is 278 g/mol. The molecule has 5 nitrogen and oxygen atoms in total. The molecule has 0 aliphatic carbocycles. The van der Waals surface area contributed by atoms with Crippen molar-refractivity contribution in [1.29, 1.82) is 0 Å². The van der Waals surface area contributed by atoms with Gasteiger partial charge in [-0.1, -0.05) is 30.3 Å². The average molecular weight is 295 g/mol. The number of fused-ring (bicyclic) bond motifs is 1. The second kappa shape index (κ2) is 6.41. The highest BCUT2D eigenvalue weighted by Crippen LogP contribution is 2.19. The van der Waals surface area contributed by atoms with Crippen molar-refractivity contribution < 1.29 is 9.90 Å². The number of carbonyl (C=O) groups is 1. The molecule has 2 N–H and O–H groups in total. The molecule has 0 unspecified atom stereocenters.